The number of amides is 4. The molecule has 0 aromatic heterocycles. The van der Waals surface area contributed by atoms with Gasteiger partial charge in [0.2, 0.25) is 0 Å². The van der Waals surface area contributed by atoms with Crippen LogP contribution in [0.2, 0.25) is 5.02 Å². The zero-order chi connectivity index (χ0) is 40.7. The van der Waals surface area contributed by atoms with E-state index in [2.05, 4.69) is 15.1 Å². The van der Waals surface area contributed by atoms with Crippen LogP contribution in [-0.4, -0.2) is 139 Å². The molecule has 13 nitrogen and oxygen atoms in total. The molecule has 4 amide bonds. The number of nitrogens with one attached hydrogen (secondary N) is 1. The summed E-state index contributed by atoms with van der Waals surface area (Å²) in [6.07, 6.45) is -2.51. The molecule has 0 bridgehead atoms. The van der Waals surface area contributed by atoms with Crippen LogP contribution in [-0.2, 0) is 38.1 Å². The summed E-state index contributed by atoms with van der Waals surface area (Å²) in [7, 11) is 0. The Morgan fingerprint density at radius 2 is 1.61 bits per heavy atom. The maximum Gasteiger partial charge on any atom is 0.418 e. The van der Waals surface area contributed by atoms with E-state index in [0.29, 0.717) is 71.1 Å². The highest BCUT2D eigenvalue weighted by Crippen LogP contribution is 2.38. The average Bonchev–Trinajstić information content (AvgIpc) is 3.36. The number of nitrogens with two attached hydrogens (primary N) is 1. The van der Waals surface area contributed by atoms with Crippen molar-refractivity contribution >= 4 is 47.0 Å². The standard InChI is InChI=1S/C40H53ClF3N7O6/c1-2-56-35(52)8-5-14-47-15-10-29(11-16-47)48-20-22-49(23-21-48)37(53)34(26-27-24-31(40(42,43)44)36(45)32(41)25-27)57-39(55)50-17-12-30(13-18-50)51-19-9-28-6-3-4-7-33(28)46-38(51)54/h3-4,6-7,24-25,29-30,34H,2,5,8-23,26,45H2,1H3,(H,46,54)/t34-/m1/s1. The van der Waals surface area contributed by atoms with Crippen molar-refractivity contribution in [1.29, 1.82) is 0 Å². The summed E-state index contributed by atoms with van der Waals surface area (Å²) < 4.78 is 52.6. The minimum absolute atomic E-state index is 0.0622. The maximum absolute atomic E-state index is 14.1. The number of esters is 1. The van der Waals surface area contributed by atoms with Crippen LogP contribution < -0.4 is 11.1 Å². The van der Waals surface area contributed by atoms with E-state index >= 15 is 0 Å². The predicted octanol–water partition coefficient (Wildman–Crippen LogP) is 5.50. The van der Waals surface area contributed by atoms with Gasteiger partial charge in [-0.15, -0.1) is 0 Å². The number of anilines is 2. The van der Waals surface area contributed by atoms with Crippen LogP contribution in [0.25, 0.3) is 0 Å². The van der Waals surface area contributed by atoms with Crippen LogP contribution in [0, 0.1) is 0 Å². The van der Waals surface area contributed by atoms with E-state index in [4.69, 9.17) is 26.8 Å². The molecule has 0 spiro atoms. The van der Waals surface area contributed by atoms with Gasteiger partial charge >= 0.3 is 24.3 Å². The molecular weight excluding hydrogens is 767 g/mol. The summed E-state index contributed by atoms with van der Waals surface area (Å²) >= 11 is 6.14. The lowest BCUT2D eigenvalue weighted by Gasteiger charge is -2.43. The molecule has 0 unspecified atom stereocenters. The fourth-order valence-corrected chi connectivity index (χ4v) is 8.66. The smallest absolute Gasteiger partial charge is 0.418 e. The molecule has 2 aromatic carbocycles. The lowest BCUT2D eigenvalue weighted by atomic mass is 10.0. The van der Waals surface area contributed by atoms with Gasteiger partial charge in [-0.25, -0.2) is 9.59 Å². The molecule has 0 radical (unpaired) electrons. The van der Waals surface area contributed by atoms with Crippen molar-refractivity contribution < 1.29 is 41.8 Å². The van der Waals surface area contributed by atoms with Crippen molar-refractivity contribution in [2.75, 3.05) is 83.1 Å². The van der Waals surface area contributed by atoms with Crippen molar-refractivity contribution in [3.63, 3.8) is 0 Å². The number of halogens is 4. The Morgan fingerprint density at radius 3 is 2.30 bits per heavy atom. The third-order valence-corrected chi connectivity index (χ3v) is 11.9. The highest BCUT2D eigenvalue weighted by atomic mass is 35.5. The Labute approximate surface area is 336 Å². The van der Waals surface area contributed by atoms with Gasteiger partial charge in [0.05, 0.1) is 22.9 Å². The summed E-state index contributed by atoms with van der Waals surface area (Å²) in [5.41, 5.74) is 5.85. The van der Waals surface area contributed by atoms with Gasteiger partial charge in [0.15, 0.2) is 6.10 Å². The second kappa shape index (κ2) is 19.0. The third-order valence-electron chi connectivity index (χ3n) is 11.6. The van der Waals surface area contributed by atoms with E-state index in [-0.39, 0.29) is 48.1 Å². The number of hydrogen-bond donors (Lipinski definition) is 2. The number of piperidine rings is 2. The fraction of sp³-hybridized carbons (Fsp3) is 0.600. The van der Waals surface area contributed by atoms with E-state index in [9.17, 15) is 32.3 Å². The topological polar surface area (TPSA) is 141 Å². The Bertz CT molecular complexity index is 1740. The fourth-order valence-electron chi connectivity index (χ4n) is 8.41. The van der Waals surface area contributed by atoms with Gasteiger partial charge < -0.3 is 40.1 Å². The van der Waals surface area contributed by atoms with Crippen LogP contribution in [0.4, 0.5) is 34.1 Å². The lowest BCUT2D eigenvalue weighted by Crippen LogP contribution is -2.56. The molecule has 0 saturated carbocycles. The summed E-state index contributed by atoms with van der Waals surface area (Å²) in [4.78, 5) is 62.2. The second-order valence-corrected chi connectivity index (χ2v) is 15.6. The minimum atomic E-state index is -4.79. The van der Waals surface area contributed by atoms with E-state index < -0.39 is 35.5 Å². The van der Waals surface area contributed by atoms with Gasteiger partial charge in [-0.3, -0.25) is 14.5 Å². The SMILES string of the molecule is CCOC(=O)CCCN1CCC(N2CCN(C(=O)[C@@H](Cc3cc(Cl)c(N)c(C(F)(F)F)c3)OC(=O)N3CCC(N4CCc5ccccc5NC4=O)CC3)CC2)CC1. The molecule has 6 rings (SSSR count). The zero-order valence-electron chi connectivity index (χ0n) is 32.4. The molecule has 3 N–H and O–H groups in total. The minimum Gasteiger partial charge on any atom is -0.466 e. The van der Waals surface area contributed by atoms with Crippen molar-refractivity contribution in [2.24, 2.45) is 0 Å². The number of hydrogen-bond acceptors (Lipinski definition) is 9. The number of urea groups is 1. The van der Waals surface area contributed by atoms with Crippen LogP contribution in [0.15, 0.2) is 36.4 Å². The van der Waals surface area contributed by atoms with Gasteiger partial charge in [0.25, 0.3) is 5.91 Å². The van der Waals surface area contributed by atoms with E-state index in [1.54, 1.807) is 16.7 Å². The van der Waals surface area contributed by atoms with Crippen LogP contribution in [0.3, 0.4) is 0 Å². The molecule has 3 fully saturated rings. The number of nitrogens with zero attached hydrogens (tertiary/aromatic N) is 5. The number of alkyl halides is 3. The Morgan fingerprint density at radius 1 is 0.930 bits per heavy atom. The van der Waals surface area contributed by atoms with Crippen molar-refractivity contribution in [2.45, 2.75) is 82.7 Å². The number of likely N-dealkylation sites (tertiary alicyclic amines) is 2. The maximum atomic E-state index is 14.1. The number of ether oxygens (including phenoxy) is 2. The van der Waals surface area contributed by atoms with Crippen molar-refractivity contribution in [1.82, 2.24) is 24.5 Å². The first kappa shape index (κ1) is 42.3. The number of para-hydroxylation sites is 1. The number of nitrogen functional groups attached to an aromatic ring is 1. The molecule has 57 heavy (non-hydrogen) atoms. The van der Waals surface area contributed by atoms with Gasteiger partial charge in [-0.2, -0.15) is 13.2 Å². The van der Waals surface area contributed by atoms with Gasteiger partial charge in [-0.05, 0) is 94.4 Å². The Hall–Kier alpha value is -4.28. The van der Waals surface area contributed by atoms with Crippen LogP contribution >= 0.6 is 11.6 Å². The molecule has 17 heteroatoms. The summed E-state index contributed by atoms with van der Waals surface area (Å²) in [5.74, 6) is -0.663. The summed E-state index contributed by atoms with van der Waals surface area (Å²) in [5, 5.41) is 2.68. The first-order chi connectivity index (χ1) is 27.3. The molecule has 4 heterocycles. The first-order valence-corrected chi connectivity index (χ1v) is 20.4. The number of piperazine rings is 1. The zero-order valence-corrected chi connectivity index (χ0v) is 33.2. The Kier molecular flexibility index (Phi) is 14.1. The molecule has 1 atom stereocenters. The number of fused-ring (bicyclic) bond motifs is 1. The molecule has 3 saturated heterocycles. The van der Waals surface area contributed by atoms with E-state index in [1.807, 2.05) is 24.3 Å². The predicted molar refractivity (Wildman–Crippen MR) is 209 cm³/mol. The normalized spacial score (nSPS) is 19.7. The van der Waals surface area contributed by atoms with E-state index in [1.165, 1.54) is 11.0 Å². The number of benzene rings is 2. The lowest BCUT2D eigenvalue weighted by molar-refractivity contribution is -0.143. The monoisotopic (exact) mass is 819 g/mol. The highest BCUT2D eigenvalue weighted by Gasteiger charge is 2.38. The van der Waals surface area contributed by atoms with E-state index in [0.717, 1.165) is 56.2 Å². The van der Waals surface area contributed by atoms with Crippen LogP contribution in [0.1, 0.15) is 62.1 Å². The molecule has 4 aliphatic heterocycles. The largest absolute Gasteiger partial charge is 0.466 e. The number of carbonyl (C=O) groups is 4. The molecule has 312 valence electrons. The third kappa shape index (κ3) is 10.8. The van der Waals surface area contributed by atoms with Gasteiger partial charge in [-0.1, -0.05) is 29.8 Å². The molecule has 0 aliphatic carbocycles. The molecular formula is C40H53ClF3N7O6. The summed E-state index contributed by atoms with van der Waals surface area (Å²) in [6, 6.07) is 9.84. The highest BCUT2D eigenvalue weighted by molar-refractivity contribution is 6.33. The first-order valence-electron chi connectivity index (χ1n) is 20.0. The average molecular weight is 820 g/mol. The number of rotatable bonds is 11. The molecule has 2 aromatic rings. The van der Waals surface area contributed by atoms with Gasteiger partial charge in [0, 0.05) is 76.4 Å². The summed E-state index contributed by atoms with van der Waals surface area (Å²) in [6.45, 7) is 7.86. The van der Waals surface area contributed by atoms with Crippen LogP contribution in [0.5, 0.6) is 0 Å². The Balaban J connectivity index is 1.06. The van der Waals surface area contributed by atoms with Crippen molar-refractivity contribution in [3.05, 3.63) is 58.1 Å². The van der Waals surface area contributed by atoms with Crippen molar-refractivity contribution in [3.8, 4) is 0 Å². The second-order valence-electron chi connectivity index (χ2n) is 15.2. The van der Waals surface area contributed by atoms with Gasteiger partial charge in [0.1, 0.15) is 0 Å². The number of carbonyl (C=O) groups excluding carboxylic acids is 4. The quantitative estimate of drug-likeness (QED) is 0.222. The molecule has 4 aliphatic rings.